The standard InChI is InChI=1S/C29H33.2ClH.Zr/c1-18(2)23-17-24-22-14-13-21(28(3,4)5)15-20(22)16-25(24)26(19-11-9-10-12-19)27(23)29(6,7)8;;;/h9-11,13-15,17H,12H2,1-8H3;2*1H;/q;;;+2/p-2. The molecule has 0 aromatic heterocycles. The second-order valence-corrected chi connectivity index (χ2v) is 12.3. The molecule has 0 heterocycles. The molecular weight excluding hydrogens is 510 g/mol. The van der Waals surface area contributed by atoms with Gasteiger partial charge in [-0.1, -0.05) is 0 Å². The first-order valence-corrected chi connectivity index (χ1v) is 12.3. The van der Waals surface area contributed by atoms with E-state index in [1.807, 2.05) is 0 Å². The summed E-state index contributed by atoms with van der Waals surface area (Å²) in [5.74, 6) is 0. The van der Waals surface area contributed by atoms with E-state index >= 15 is 0 Å². The van der Waals surface area contributed by atoms with Gasteiger partial charge in [0, 0.05) is 0 Å². The average Bonchev–Trinajstić information content (AvgIpc) is 3.26. The van der Waals surface area contributed by atoms with Crippen molar-refractivity contribution in [2.24, 2.45) is 0 Å². The minimum atomic E-state index is 0. The molecule has 0 atom stereocenters. The van der Waals surface area contributed by atoms with E-state index in [0.29, 0.717) is 0 Å². The molecule has 3 heteroatoms. The van der Waals surface area contributed by atoms with Crippen LogP contribution in [0.4, 0.5) is 0 Å². The van der Waals surface area contributed by atoms with Crippen LogP contribution in [0.15, 0.2) is 42.5 Å². The van der Waals surface area contributed by atoms with Gasteiger partial charge >= 0.3 is 198 Å². The van der Waals surface area contributed by atoms with Crippen molar-refractivity contribution in [3.63, 3.8) is 0 Å². The summed E-state index contributed by atoms with van der Waals surface area (Å²) in [6.07, 6.45) is 7.90. The van der Waals surface area contributed by atoms with E-state index in [1.165, 1.54) is 83.0 Å². The first kappa shape index (κ1) is 27.4. The van der Waals surface area contributed by atoms with E-state index < -0.39 is 0 Å². The topological polar surface area (TPSA) is 0 Å². The Morgan fingerprint density at radius 2 is 1.50 bits per heavy atom. The van der Waals surface area contributed by atoms with Crippen LogP contribution in [0.25, 0.3) is 25.6 Å². The minimum absolute atomic E-state index is 0. The number of hydrogen-bond acceptors (Lipinski definition) is 0. The molecule has 2 aliphatic rings. The Morgan fingerprint density at radius 1 is 0.844 bits per heavy atom. The molecule has 2 aliphatic carbocycles. The molecule has 0 radical (unpaired) electrons. The van der Waals surface area contributed by atoms with Gasteiger partial charge in [0.25, 0.3) is 0 Å². The fraction of sp³-hybridized carbons (Fsp3) is 0.379. The molecule has 0 saturated heterocycles. The Hall–Kier alpha value is -0.877. The molecule has 0 aliphatic heterocycles. The molecule has 32 heavy (non-hydrogen) atoms. The molecule has 167 valence electrons. The SMILES string of the molecule is CC(C)=c1cc2c(c(C3=CC=CC3)c1C(C)(C)C)=[C]([Zr+2])c1cc(C(C)(C)C)ccc1-2.[Cl-].[Cl-]. The maximum Gasteiger partial charge on any atom is -1.00 e. The van der Waals surface area contributed by atoms with Crippen molar-refractivity contribution >= 4 is 14.4 Å². The van der Waals surface area contributed by atoms with E-state index in [2.05, 4.69) is 97.9 Å². The third-order valence-electron chi connectivity index (χ3n) is 6.40. The van der Waals surface area contributed by atoms with Crippen molar-refractivity contribution in [2.75, 3.05) is 0 Å². The molecule has 2 aromatic carbocycles. The molecular formula is C29H33Cl2Zr. The van der Waals surface area contributed by atoms with Crippen molar-refractivity contribution in [2.45, 2.75) is 72.6 Å². The predicted molar refractivity (Wildman–Crippen MR) is 128 cm³/mol. The Kier molecular flexibility index (Phi) is 8.04. The molecule has 0 N–H and O–H groups in total. The molecule has 0 spiro atoms. The molecule has 0 saturated carbocycles. The van der Waals surface area contributed by atoms with E-state index in [9.17, 15) is 0 Å². The molecule has 0 nitrogen and oxygen atoms in total. The van der Waals surface area contributed by atoms with Gasteiger partial charge in [0.05, 0.1) is 0 Å². The maximum absolute atomic E-state index is 2.49. The van der Waals surface area contributed by atoms with Gasteiger partial charge in [-0.15, -0.1) is 0 Å². The van der Waals surface area contributed by atoms with Crippen LogP contribution in [-0.4, -0.2) is 0 Å². The first-order chi connectivity index (χ1) is 13.9. The van der Waals surface area contributed by atoms with Gasteiger partial charge in [-0.05, 0) is 0 Å². The number of halogens is 2. The van der Waals surface area contributed by atoms with Gasteiger partial charge in [0.1, 0.15) is 0 Å². The fourth-order valence-electron chi connectivity index (χ4n) is 4.87. The summed E-state index contributed by atoms with van der Waals surface area (Å²) in [7, 11) is 0. The third kappa shape index (κ3) is 4.55. The number of benzene rings is 2. The van der Waals surface area contributed by atoms with Crippen LogP contribution in [0.1, 0.15) is 84.1 Å². The van der Waals surface area contributed by atoms with Crippen LogP contribution in [0.2, 0.25) is 0 Å². The van der Waals surface area contributed by atoms with Crippen LogP contribution in [-0.2, 0) is 35.5 Å². The summed E-state index contributed by atoms with van der Waals surface area (Å²) in [5, 5.41) is 2.93. The summed E-state index contributed by atoms with van der Waals surface area (Å²) in [6, 6.07) is 9.67. The monoisotopic (exact) mass is 541 g/mol. The minimum Gasteiger partial charge on any atom is -1.00 e. The van der Waals surface area contributed by atoms with Crippen LogP contribution >= 0.6 is 0 Å². The zero-order valence-corrected chi connectivity index (χ0v) is 24.5. The van der Waals surface area contributed by atoms with Crippen LogP contribution in [0.3, 0.4) is 0 Å². The third-order valence-corrected chi connectivity index (χ3v) is 7.68. The maximum atomic E-state index is 2.49. The molecule has 2 aromatic rings. The van der Waals surface area contributed by atoms with Gasteiger partial charge in [-0.3, -0.25) is 0 Å². The second kappa shape index (κ2) is 9.40. The van der Waals surface area contributed by atoms with Crippen LogP contribution < -0.4 is 35.3 Å². The molecule has 0 bridgehead atoms. The number of rotatable bonds is 1. The average molecular weight is 544 g/mol. The summed E-state index contributed by atoms with van der Waals surface area (Å²) in [4.78, 5) is 0. The molecule has 4 rings (SSSR count). The molecule has 0 unspecified atom stereocenters. The number of fused-ring (bicyclic) bond motifs is 3. The normalized spacial score (nSPS) is 14.4. The van der Waals surface area contributed by atoms with Gasteiger partial charge in [0.2, 0.25) is 0 Å². The predicted octanol–water partition coefficient (Wildman–Crippen LogP) is 0.507. The van der Waals surface area contributed by atoms with Crippen molar-refractivity contribution < 1.29 is 49.5 Å². The summed E-state index contributed by atoms with van der Waals surface area (Å²) in [6.45, 7) is 18.6. The Bertz CT molecular complexity index is 1240. The Morgan fingerprint density at radius 3 is 2.00 bits per heavy atom. The molecule has 0 fully saturated rings. The fourth-order valence-corrected chi connectivity index (χ4v) is 6.02. The quantitative estimate of drug-likeness (QED) is 0.492. The van der Waals surface area contributed by atoms with Crippen LogP contribution in [0, 0.1) is 0 Å². The van der Waals surface area contributed by atoms with E-state index in [4.69, 9.17) is 0 Å². The van der Waals surface area contributed by atoms with Crippen molar-refractivity contribution in [1.82, 2.24) is 0 Å². The summed E-state index contributed by atoms with van der Waals surface area (Å²) >= 11 is 1.50. The Labute approximate surface area is 221 Å². The summed E-state index contributed by atoms with van der Waals surface area (Å²) in [5.41, 5.74) is 11.9. The summed E-state index contributed by atoms with van der Waals surface area (Å²) < 4.78 is 1.52. The number of allylic oxidation sites excluding steroid dienone is 4. The van der Waals surface area contributed by atoms with Gasteiger partial charge in [0.15, 0.2) is 0 Å². The second-order valence-electron chi connectivity index (χ2n) is 11.1. The zero-order chi connectivity index (χ0) is 22.0. The smallest absolute Gasteiger partial charge is 1.00 e. The van der Waals surface area contributed by atoms with Crippen molar-refractivity contribution in [3.05, 3.63) is 75.2 Å². The molecule has 0 amide bonds. The van der Waals surface area contributed by atoms with E-state index in [0.717, 1.165) is 6.42 Å². The first-order valence-electron chi connectivity index (χ1n) is 11.0. The van der Waals surface area contributed by atoms with Gasteiger partial charge in [-0.25, -0.2) is 0 Å². The van der Waals surface area contributed by atoms with E-state index in [-0.39, 0.29) is 35.6 Å². The van der Waals surface area contributed by atoms with E-state index in [1.54, 1.807) is 0 Å². The van der Waals surface area contributed by atoms with Crippen LogP contribution in [0.5, 0.6) is 0 Å². The van der Waals surface area contributed by atoms with Crippen molar-refractivity contribution in [1.29, 1.82) is 0 Å². The van der Waals surface area contributed by atoms with Crippen molar-refractivity contribution in [3.8, 4) is 11.1 Å². The van der Waals surface area contributed by atoms with Gasteiger partial charge < -0.3 is 24.8 Å². The number of hydrogen-bond donors (Lipinski definition) is 0. The van der Waals surface area contributed by atoms with Gasteiger partial charge in [-0.2, -0.15) is 0 Å². The zero-order valence-electron chi connectivity index (χ0n) is 20.5. The Balaban J connectivity index is 0.00000181. The largest absolute Gasteiger partial charge is 1.00 e.